The molecule has 0 bridgehead atoms. The fraction of sp³-hybridized carbons (Fsp3) is 0.250. The topological polar surface area (TPSA) is 39.2 Å². The van der Waals surface area contributed by atoms with Crippen molar-refractivity contribution in [1.29, 1.82) is 0 Å². The maximum Gasteiger partial charge on any atom is 0.163 e. The largest absolute Gasteiger partial charge is 0.376 e. The zero-order chi connectivity index (χ0) is 18.7. The van der Waals surface area contributed by atoms with Crippen LogP contribution in [0, 0.1) is 5.92 Å². The Kier molecular flexibility index (Phi) is 7.31. The van der Waals surface area contributed by atoms with E-state index in [1.165, 1.54) is 0 Å². The standard InChI is InChI=1S/C24H25NO2/c26-24(22-11-5-2-6-12-22)17-21(14-15-23-13-7-8-16-25-23)19-27-18-20-9-3-1-4-10-20/h1-13,16,21H,14-15,17-19H2/t21-/m1/s1. The van der Waals surface area contributed by atoms with Gasteiger partial charge in [0, 0.05) is 23.9 Å². The number of carbonyl (C=O) groups excluding carboxylic acids is 1. The number of pyridine rings is 1. The molecule has 0 fully saturated rings. The van der Waals surface area contributed by atoms with Gasteiger partial charge in [0.05, 0.1) is 13.2 Å². The van der Waals surface area contributed by atoms with E-state index in [1.807, 2.05) is 72.9 Å². The van der Waals surface area contributed by atoms with Crippen LogP contribution in [0.25, 0.3) is 0 Å². The van der Waals surface area contributed by atoms with E-state index in [9.17, 15) is 4.79 Å². The Morgan fingerprint density at radius 3 is 2.30 bits per heavy atom. The van der Waals surface area contributed by atoms with Crippen LogP contribution in [0.3, 0.4) is 0 Å². The first-order valence-corrected chi connectivity index (χ1v) is 9.41. The summed E-state index contributed by atoms with van der Waals surface area (Å²) in [4.78, 5) is 17.0. The van der Waals surface area contributed by atoms with Gasteiger partial charge < -0.3 is 4.74 Å². The Bertz CT molecular complexity index is 804. The third kappa shape index (κ3) is 6.46. The van der Waals surface area contributed by atoms with Crippen molar-refractivity contribution in [2.75, 3.05) is 6.61 Å². The molecule has 0 amide bonds. The molecular formula is C24H25NO2. The van der Waals surface area contributed by atoms with Crippen molar-refractivity contribution in [2.24, 2.45) is 5.92 Å². The normalized spacial score (nSPS) is 11.9. The highest BCUT2D eigenvalue weighted by molar-refractivity contribution is 5.96. The summed E-state index contributed by atoms with van der Waals surface area (Å²) in [6, 6.07) is 25.6. The molecule has 0 radical (unpaired) electrons. The molecule has 1 atom stereocenters. The van der Waals surface area contributed by atoms with Gasteiger partial charge in [0.25, 0.3) is 0 Å². The summed E-state index contributed by atoms with van der Waals surface area (Å²) in [5.74, 6) is 0.341. The SMILES string of the molecule is O=C(C[C@@H](CCc1ccccn1)COCc1ccccc1)c1ccccc1. The van der Waals surface area contributed by atoms with E-state index in [1.54, 1.807) is 0 Å². The Morgan fingerprint density at radius 1 is 0.889 bits per heavy atom. The number of Topliss-reactive ketones (excluding diaryl/α,β-unsaturated/α-hetero) is 1. The van der Waals surface area contributed by atoms with Crippen LogP contribution in [0.5, 0.6) is 0 Å². The Labute approximate surface area is 161 Å². The number of ketones is 1. The minimum absolute atomic E-state index is 0.170. The van der Waals surface area contributed by atoms with Gasteiger partial charge in [0.1, 0.15) is 0 Å². The highest BCUT2D eigenvalue weighted by Crippen LogP contribution is 2.17. The van der Waals surface area contributed by atoms with Crippen molar-refractivity contribution >= 4 is 5.78 Å². The highest BCUT2D eigenvalue weighted by atomic mass is 16.5. The summed E-state index contributed by atoms with van der Waals surface area (Å²) in [5.41, 5.74) is 2.97. The number of carbonyl (C=O) groups is 1. The smallest absolute Gasteiger partial charge is 0.163 e. The van der Waals surface area contributed by atoms with E-state index < -0.39 is 0 Å². The van der Waals surface area contributed by atoms with Crippen molar-refractivity contribution in [1.82, 2.24) is 4.98 Å². The number of benzene rings is 2. The number of aromatic nitrogens is 1. The van der Waals surface area contributed by atoms with Crippen LogP contribution in [-0.4, -0.2) is 17.4 Å². The average Bonchev–Trinajstić information content (AvgIpc) is 2.74. The number of nitrogens with zero attached hydrogens (tertiary/aromatic N) is 1. The van der Waals surface area contributed by atoms with Gasteiger partial charge in [0.2, 0.25) is 0 Å². The molecule has 3 rings (SSSR count). The van der Waals surface area contributed by atoms with Gasteiger partial charge in [-0.25, -0.2) is 0 Å². The quantitative estimate of drug-likeness (QED) is 0.472. The molecule has 0 N–H and O–H groups in total. The van der Waals surface area contributed by atoms with E-state index in [-0.39, 0.29) is 11.7 Å². The van der Waals surface area contributed by atoms with Crippen molar-refractivity contribution in [3.05, 3.63) is 102 Å². The molecule has 3 heteroatoms. The van der Waals surface area contributed by atoms with Gasteiger partial charge in [-0.3, -0.25) is 9.78 Å². The fourth-order valence-electron chi connectivity index (χ4n) is 3.06. The molecule has 0 saturated carbocycles. The first-order valence-electron chi connectivity index (χ1n) is 9.41. The number of hydrogen-bond donors (Lipinski definition) is 0. The third-order valence-electron chi connectivity index (χ3n) is 4.57. The number of ether oxygens (including phenoxy) is 1. The molecule has 1 heterocycles. The molecule has 0 saturated heterocycles. The van der Waals surface area contributed by atoms with Gasteiger partial charge in [-0.15, -0.1) is 0 Å². The lowest BCUT2D eigenvalue weighted by molar-refractivity contribution is 0.0720. The van der Waals surface area contributed by atoms with Crippen LogP contribution in [0.2, 0.25) is 0 Å². The van der Waals surface area contributed by atoms with Gasteiger partial charge in [-0.05, 0) is 36.5 Å². The van der Waals surface area contributed by atoms with Crippen molar-refractivity contribution in [3.8, 4) is 0 Å². The Morgan fingerprint density at radius 2 is 1.59 bits per heavy atom. The van der Waals surface area contributed by atoms with E-state index in [0.29, 0.717) is 19.6 Å². The molecule has 0 aliphatic heterocycles. The van der Waals surface area contributed by atoms with E-state index in [4.69, 9.17) is 4.74 Å². The monoisotopic (exact) mass is 359 g/mol. The van der Waals surface area contributed by atoms with Gasteiger partial charge in [0.15, 0.2) is 5.78 Å². The van der Waals surface area contributed by atoms with Crippen LogP contribution in [-0.2, 0) is 17.8 Å². The highest BCUT2D eigenvalue weighted by Gasteiger charge is 2.16. The number of hydrogen-bond acceptors (Lipinski definition) is 3. The molecule has 0 aliphatic rings. The second-order valence-corrected chi connectivity index (χ2v) is 6.72. The molecule has 3 aromatic rings. The lowest BCUT2D eigenvalue weighted by Gasteiger charge is -2.17. The molecule has 27 heavy (non-hydrogen) atoms. The van der Waals surface area contributed by atoms with Crippen LogP contribution < -0.4 is 0 Å². The van der Waals surface area contributed by atoms with Crippen LogP contribution in [0.4, 0.5) is 0 Å². The molecule has 3 nitrogen and oxygen atoms in total. The molecule has 0 aliphatic carbocycles. The first kappa shape index (κ1) is 19.0. The maximum atomic E-state index is 12.6. The third-order valence-corrected chi connectivity index (χ3v) is 4.57. The first-order chi connectivity index (χ1) is 13.3. The molecule has 0 unspecified atom stereocenters. The summed E-state index contributed by atoms with van der Waals surface area (Å²) in [7, 11) is 0. The predicted molar refractivity (Wildman–Crippen MR) is 108 cm³/mol. The average molecular weight is 359 g/mol. The zero-order valence-corrected chi connectivity index (χ0v) is 15.5. The van der Waals surface area contributed by atoms with Gasteiger partial charge in [-0.1, -0.05) is 66.7 Å². The van der Waals surface area contributed by atoms with E-state index >= 15 is 0 Å². The van der Waals surface area contributed by atoms with E-state index in [2.05, 4.69) is 17.1 Å². The molecule has 2 aromatic carbocycles. The Hall–Kier alpha value is -2.78. The lowest BCUT2D eigenvalue weighted by Crippen LogP contribution is -2.16. The minimum Gasteiger partial charge on any atom is -0.376 e. The molecule has 1 aromatic heterocycles. The number of aryl methyl sites for hydroxylation is 1. The predicted octanol–water partition coefficient (Wildman–Crippen LogP) is 5.12. The van der Waals surface area contributed by atoms with Crippen LogP contribution in [0.1, 0.15) is 34.5 Å². The minimum atomic E-state index is 0.170. The summed E-state index contributed by atoms with van der Waals surface area (Å²) in [6.45, 7) is 1.14. The van der Waals surface area contributed by atoms with Crippen LogP contribution >= 0.6 is 0 Å². The molecular weight excluding hydrogens is 334 g/mol. The molecule has 138 valence electrons. The summed E-state index contributed by atoms with van der Waals surface area (Å²) < 4.78 is 5.93. The Balaban J connectivity index is 1.57. The second kappa shape index (κ2) is 10.4. The lowest BCUT2D eigenvalue weighted by atomic mass is 9.94. The van der Waals surface area contributed by atoms with Crippen molar-refractivity contribution in [2.45, 2.75) is 25.9 Å². The van der Waals surface area contributed by atoms with Crippen molar-refractivity contribution in [3.63, 3.8) is 0 Å². The zero-order valence-electron chi connectivity index (χ0n) is 15.5. The van der Waals surface area contributed by atoms with Gasteiger partial charge in [-0.2, -0.15) is 0 Å². The summed E-state index contributed by atoms with van der Waals surface area (Å²) in [5, 5.41) is 0. The maximum absolute atomic E-state index is 12.6. The summed E-state index contributed by atoms with van der Waals surface area (Å²) in [6.07, 6.45) is 4.03. The molecule has 0 spiro atoms. The van der Waals surface area contributed by atoms with Gasteiger partial charge >= 0.3 is 0 Å². The number of rotatable bonds is 10. The second-order valence-electron chi connectivity index (χ2n) is 6.72. The van der Waals surface area contributed by atoms with E-state index in [0.717, 1.165) is 29.7 Å². The fourth-order valence-corrected chi connectivity index (χ4v) is 3.06. The summed E-state index contributed by atoms with van der Waals surface area (Å²) >= 11 is 0. The van der Waals surface area contributed by atoms with Crippen LogP contribution in [0.15, 0.2) is 85.1 Å². The van der Waals surface area contributed by atoms with Crippen molar-refractivity contribution < 1.29 is 9.53 Å².